The van der Waals surface area contributed by atoms with Gasteiger partial charge in [0.25, 0.3) is 0 Å². The highest BCUT2D eigenvalue weighted by Crippen LogP contribution is 2.24. The Labute approximate surface area is 106 Å². The first-order valence-electron chi connectivity index (χ1n) is 5.16. The number of nitrogens with two attached hydrogens (primary N) is 1. The van der Waals surface area contributed by atoms with Crippen molar-refractivity contribution in [3.63, 3.8) is 0 Å². The van der Waals surface area contributed by atoms with Gasteiger partial charge < -0.3 is 10.3 Å². The van der Waals surface area contributed by atoms with Crippen molar-refractivity contribution < 1.29 is 8.91 Å². The molecule has 0 aliphatic heterocycles. The van der Waals surface area contributed by atoms with Crippen molar-refractivity contribution in [3.8, 4) is 11.4 Å². The molecule has 0 spiro atoms. The number of nitrogens with zero attached hydrogens (tertiary/aromatic N) is 2. The summed E-state index contributed by atoms with van der Waals surface area (Å²) in [6.45, 7) is 1.93. The summed E-state index contributed by atoms with van der Waals surface area (Å²) in [5.74, 6) is 0.468. The van der Waals surface area contributed by atoms with E-state index in [9.17, 15) is 4.39 Å². The smallest absolute Gasteiger partial charge is 0.243 e. The van der Waals surface area contributed by atoms with Gasteiger partial charge in [-0.2, -0.15) is 4.98 Å². The van der Waals surface area contributed by atoms with Crippen LogP contribution in [0.3, 0.4) is 0 Å². The highest BCUT2D eigenvalue weighted by molar-refractivity contribution is 9.10. The Bertz CT molecular complexity index is 529. The molecule has 0 amide bonds. The minimum absolute atomic E-state index is 0.264. The van der Waals surface area contributed by atoms with Crippen molar-refractivity contribution in [2.24, 2.45) is 5.73 Å². The van der Waals surface area contributed by atoms with E-state index >= 15 is 0 Å². The summed E-state index contributed by atoms with van der Waals surface area (Å²) < 4.78 is 18.5. The zero-order chi connectivity index (χ0) is 12.4. The first-order valence-corrected chi connectivity index (χ1v) is 5.95. The lowest BCUT2D eigenvalue weighted by molar-refractivity contribution is 0.352. The zero-order valence-corrected chi connectivity index (χ0v) is 10.7. The second-order valence-electron chi connectivity index (χ2n) is 3.60. The lowest BCUT2D eigenvalue weighted by Gasteiger charge is -1.99. The maximum atomic E-state index is 13.1. The molecule has 1 atom stereocenters. The van der Waals surface area contributed by atoms with Gasteiger partial charge in [-0.3, -0.25) is 0 Å². The molecule has 2 rings (SSSR count). The van der Waals surface area contributed by atoms with Crippen LogP contribution >= 0.6 is 15.9 Å². The van der Waals surface area contributed by atoms with Gasteiger partial charge in [0.05, 0.1) is 10.5 Å². The monoisotopic (exact) mass is 299 g/mol. The van der Waals surface area contributed by atoms with Crippen molar-refractivity contribution in [1.29, 1.82) is 0 Å². The lowest BCUT2D eigenvalue weighted by Crippen LogP contribution is -2.08. The van der Waals surface area contributed by atoms with Crippen LogP contribution in [0.25, 0.3) is 11.4 Å². The molecule has 90 valence electrons. The van der Waals surface area contributed by atoms with Crippen molar-refractivity contribution in [3.05, 3.63) is 34.4 Å². The van der Waals surface area contributed by atoms with Crippen LogP contribution in [0.5, 0.6) is 0 Å². The largest absolute Gasteiger partial charge is 0.337 e. The van der Waals surface area contributed by atoms with Crippen LogP contribution in [0.2, 0.25) is 0 Å². The molecule has 2 N–H and O–H groups in total. The predicted molar refractivity (Wildman–Crippen MR) is 64.6 cm³/mol. The fraction of sp³-hybridized carbons (Fsp3) is 0.273. The van der Waals surface area contributed by atoms with E-state index in [1.807, 2.05) is 6.92 Å². The van der Waals surface area contributed by atoms with Gasteiger partial charge in [-0.15, -0.1) is 0 Å². The molecular weight excluding hydrogens is 289 g/mol. The average Bonchev–Trinajstić information content (AvgIpc) is 2.81. The van der Waals surface area contributed by atoms with E-state index in [4.69, 9.17) is 10.3 Å². The van der Waals surface area contributed by atoms with Crippen LogP contribution in [0.15, 0.2) is 27.2 Å². The third-order valence-electron chi connectivity index (χ3n) is 2.38. The third kappa shape index (κ3) is 2.53. The van der Waals surface area contributed by atoms with Crippen LogP contribution < -0.4 is 5.73 Å². The summed E-state index contributed by atoms with van der Waals surface area (Å²) >= 11 is 3.11. The molecule has 0 bridgehead atoms. The van der Waals surface area contributed by atoms with Gasteiger partial charge in [0, 0.05) is 5.56 Å². The number of hydrogen-bond acceptors (Lipinski definition) is 4. The van der Waals surface area contributed by atoms with E-state index in [-0.39, 0.29) is 11.9 Å². The van der Waals surface area contributed by atoms with E-state index in [0.29, 0.717) is 21.8 Å². The molecule has 2 aromatic rings. The van der Waals surface area contributed by atoms with Gasteiger partial charge in [-0.05, 0) is 40.5 Å². The molecule has 0 fully saturated rings. The Kier molecular flexibility index (Phi) is 3.54. The first-order chi connectivity index (χ1) is 8.11. The van der Waals surface area contributed by atoms with Crippen molar-refractivity contribution in [1.82, 2.24) is 10.1 Å². The molecule has 1 heterocycles. The van der Waals surface area contributed by atoms with Crippen LogP contribution in [-0.2, 0) is 0 Å². The van der Waals surface area contributed by atoms with Crippen molar-refractivity contribution in [2.45, 2.75) is 19.4 Å². The van der Waals surface area contributed by atoms with Gasteiger partial charge in [-0.25, -0.2) is 4.39 Å². The van der Waals surface area contributed by atoms with Crippen molar-refractivity contribution in [2.75, 3.05) is 0 Å². The van der Waals surface area contributed by atoms with Crippen LogP contribution in [0, 0.1) is 5.82 Å². The summed E-state index contributed by atoms with van der Waals surface area (Å²) in [5, 5.41) is 3.82. The fourth-order valence-electron chi connectivity index (χ4n) is 1.31. The quantitative estimate of drug-likeness (QED) is 0.946. The molecule has 0 saturated heterocycles. The van der Waals surface area contributed by atoms with Crippen LogP contribution in [0.4, 0.5) is 4.39 Å². The van der Waals surface area contributed by atoms with E-state index in [0.717, 1.165) is 6.42 Å². The topological polar surface area (TPSA) is 64.9 Å². The summed E-state index contributed by atoms with van der Waals surface area (Å²) in [6.07, 6.45) is 0.717. The summed E-state index contributed by atoms with van der Waals surface area (Å²) in [6, 6.07) is 4.27. The highest BCUT2D eigenvalue weighted by Gasteiger charge is 2.14. The highest BCUT2D eigenvalue weighted by atomic mass is 79.9. The maximum Gasteiger partial charge on any atom is 0.243 e. The van der Waals surface area contributed by atoms with Gasteiger partial charge in [-0.1, -0.05) is 12.1 Å². The maximum absolute atomic E-state index is 13.1. The van der Waals surface area contributed by atoms with E-state index in [1.54, 1.807) is 12.1 Å². The van der Waals surface area contributed by atoms with Crippen molar-refractivity contribution >= 4 is 15.9 Å². The Hall–Kier alpha value is -1.27. The molecule has 1 aromatic carbocycles. The molecular formula is C11H11BrFN3O. The number of rotatable bonds is 3. The zero-order valence-electron chi connectivity index (χ0n) is 9.15. The molecule has 0 aliphatic rings. The molecule has 0 radical (unpaired) electrons. The molecule has 17 heavy (non-hydrogen) atoms. The average molecular weight is 300 g/mol. The lowest BCUT2D eigenvalue weighted by atomic mass is 10.2. The van der Waals surface area contributed by atoms with Gasteiger partial charge in [0.15, 0.2) is 0 Å². The van der Waals surface area contributed by atoms with Gasteiger partial charge >= 0.3 is 0 Å². The first kappa shape index (κ1) is 12.2. The normalized spacial score (nSPS) is 12.7. The van der Waals surface area contributed by atoms with E-state index in [1.165, 1.54) is 6.07 Å². The standard InChI is InChI=1S/C11H11BrFN3O/c1-2-9(14)11-15-10(16-17-11)6-3-4-8(13)7(12)5-6/h3-5,9H,2,14H2,1H3/t9-/m0/s1. The van der Waals surface area contributed by atoms with Gasteiger partial charge in [0.1, 0.15) is 5.82 Å². The minimum Gasteiger partial charge on any atom is -0.337 e. The summed E-state index contributed by atoms with van der Waals surface area (Å²) in [4.78, 5) is 4.18. The number of halogens is 2. The number of hydrogen-bond donors (Lipinski definition) is 1. The summed E-state index contributed by atoms with van der Waals surface area (Å²) in [7, 11) is 0. The molecule has 0 saturated carbocycles. The van der Waals surface area contributed by atoms with E-state index in [2.05, 4.69) is 26.1 Å². The Balaban J connectivity index is 2.33. The van der Waals surface area contributed by atoms with E-state index < -0.39 is 0 Å². The minimum atomic E-state index is -0.331. The number of benzene rings is 1. The number of aromatic nitrogens is 2. The Morgan fingerprint density at radius 3 is 2.94 bits per heavy atom. The van der Waals surface area contributed by atoms with Crippen LogP contribution in [0.1, 0.15) is 25.3 Å². The fourth-order valence-corrected chi connectivity index (χ4v) is 1.69. The Morgan fingerprint density at radius 1 is 1.53 bits per heavy atom. The van der Waals surface area contributed by atoms with Gasteiger partial charge in [0.2, 0.25) is 11.7 Å². The Morgan fingerprint density at radius 2 is 2.29 bits per heavy atom. The molecule has 0 aliphatic carbocycles. The SMILES string of the molecule is CC[C@H](N)c1nc(-c2ccc(F)c(Br)c2)no1. The second-order valence-corrected chi connectivity index (χ2v) is 4.45. The third-order valence-corrected chi connectivity index (χ3v) is 2.98. The molecule has 4 nitrogen and oxygen atoms in total. The second kappa shape index (κ2) is 4.93. The molecule has 6 heteroatoms. The summed E-state index contributed by atoms with van der Waals surface area (Å²) in [5.41, 5.74) is 6.45. The molecule has 0 unspecified atom stereocenters. The predicted octanol–water partition coefficient (Wildman–Crippen LogP) is 3.05. The van der Waals surface area contributed by atoms with Crippen LogP contribution in [-0.4, -0.2) is 10.1 Å². The molecule has 1 aromatic heterocycles.